The molecule has 0 spiro atoms. The van der Waals surface area contributed by atoms with Gasteiger partial charge in [-0.05, 0) is 68.6 Å². The third kappa shape index (κ3) is 1.84. The summed E-state index contributed by atoms with van der Waals surface area (Å²) in [5, 5.41) is 2.37. The van der Waals surface area contributed by atoms with E-state index in [1.54, 1.807) is 6.42 Å². The van der Waals surface area contributed by atoms with Crippen molar-refractivity contribution in [3.63, 3.8) is 0 Å². The van der Waals surface area contributed by atoms with Crippen molar-refractivity contribution in [1.82, 2.24) is 5.01 Å². The molecule has 0 atom stereocenters. The molecule has 5 saturated carbocycles. The van der Waals surface area contributed by atoms with Gasteiger partial charge in [0.2, 0.25) is 0 Å². The predicted molar refractivity (Wildman–Crippen MR) is 73.7 cm³/mol. The molecule has 4 bridgehead atoms. The van der Waals surface area contributed by atoms with Gasteiger partial charge in [0.15, 0.2) is 0 Å². The Labute approximate surface area is 111 Å². The van der Waals surface area contributed by atoms with Crippen LogP contribution < -0.4 is 5.84 Å². The second-order valence-corrected chi connectivity index (χ2v) is 7.66. The first-order chi connectivity index (χ1) is 8.81. The molecule has 2 nitrogen and oxygen atoms in total. The second kappa shape index (κ2) is 4.49. The molecule has 102 valence electrons. The van der Waals surface area contributed by atoms with Gasteiger partial charge in [0.05, 0.1) is 0 Å². The van der Waals surface area contributed by atoms with Crippen molar-refractivity contribution >= 4 is 0 Å². The molecule has 0 amide bonds. The van der Waals surface area contributed by atoms with Gasteiger partial charge in [-0.15, -0.1) is 0 Å². The normalized spacial score (nSPS) is 48.0. The SMILES string of the molecule is NN(C1CCCCC1)C1C2CC3CC(C2)CC1C3. The van der Waals surface area contributed by atoms with Crippen LogP contribution in [0.3, 0.4) is 0 Å². The minimum Gasteiger partial charge on any atom is -0.268 e. The fourth-order valence-electron chi connectivity index (χ4n) is 6.01. The quantitative estimate of drug-likeness (QED) is 0.600. The fourth-order valence-corrected chi connectivity index (χ4v) is 6.01. The zero-order chi connectivity index (χ0) is 12.1. The van der Waals surface area contributed by atoms with E-state index in [-0.39, 0.29) is 0 Å². The molecule has 5 fully saturated rings. The minimum atomic E-state index is 0.710. The molecule has 0 aromatic rings. The van der Waals surface area contributed by atoms with Gasteiger partial charge >= 0.3 is 0 Å². The monoisotopic (exact) mass is 248 g/mol. The smallest absolute Gasteiger partial charge is 0.0301 e. The van der Waals surface area contributed by atoms with Gasteiger partial charge in [-0.2, -0.15) is 0 Å². The lowest BCUT2D eigenvalue weighted by molar-refractivity contribution is -0.0837. The van der Waals surface area contributed by atoms with Gasteiger partial charge < -0.3 is 0 Å². The van der Waals surface area contributed by atoms with E-state index in [9.17, 15) is 0 Å². The van der Waals surface area contributed by atoms with Crippen molar-refractivity contribution in [1.29, 1.82) is 0 Å². The van der Waals surface area contributed by atoms with Crippen LogP contribution in [0.1, 0.15) is 64.2 Å². The maximum absolute atomic E-state index is 6.61. The highest BCUT2D eigenvalue weighted by Gasteiger charge is 2.50. The van der Waals surface area contributed by atoms with Crippen molar-refractivity contribution in [3.8, 4) is 0 Å². The van der Waals surface area contributed by atoms with Gasteiger partial charge in [-0.3, -0.25) is 5.84 Å². The van der Waals surface area contributed by atoms with Gasteiger partial charge in [0.25, 0.3) is 0 Å². The number of nitrogens with two attached hydrogens (primary N) is 1. The van der Waals surface area contributed by atoms with Crippen LogP contribution in [-0.2, 0) is 0 Å². The van der Waals surface area contributed by atoms with Gasteiger partial charge in [0, 0.05) is 12.1 Å². The van der Waals surface area contributed by atoms with E-state index in [0.29, 0.717) is 6.04 Å². The van der Waals surface area contributed by atoms with Crippen LogP contribution >= 0.6 is 0 Å². The highest BCUT2D eigenvalue weighted by molar-refractivity contribution is 5.02. The molecular weight excluding hydrogens is 220 g/mol. The summed E-state index contributed by atoms with van der Waals surface area (Å²) in [6, 6.07) is 1.46. The van der Waals surface area contributed by atoms with Crippen molar-refractivity contribution < 1.29 is 0 Å². The number of nitrogens with zero attached hydrogens (tertiary/aromatic N) is 1. The molecular formula is C16H28N2. The lowest BCUT2D eigenvalue weighted by Gasteiger charge is -2.57. The standard InChI is InChI=1S/C16H28N2/c17-18(15-4-2-1-3-5-15)16-13-7-11-6-12(9-13)10-14(16)8-11/h11-16H,1-10,17H2. The zero-order valence-electron chi connectivity index (χ0n) is 11.6. The number of hydrogen-bond acceptors (Lipinski definition) is 2. The topological polar surface area (TPSA) is 29.3 Å². The predicted octanol–water partition coefficient (Wildman–Crippen LogP) is 3.32. The Morgan fingerprint density at radius 1 is 0.722 bits per heavy atom. The molecule has 5 rings (SSSR count). The molecule has 0 aliphatic heterocycles. The summed E-state index contributed by atoms with van der Waals surface area (Å²) < 4.78 is 0. The molecule has 5 aliphatic carbocycles. The van der Waals surface area contributed by atoms with Crippen molar-refractivity contribution in [2.45, 2.75) is 76.3 Å². The van der Waals surface area contributed by atoms with E-state index in [4.69, 9.17) is 5.84 Å². The van der Waals surface area contributed by atoms with Crippen LogP contribution in [0.15, 0.2) is 0 Å². The summed E-state index contributed by atoms with van der Waals surface area (Å²) in [7, 11) is 0. The van der Waals surface area contributed by atoms with Gasteiger partial charge in [-0.25, -0.2) is 5.01 Å². The maximum atomic E-state index is 6.61. The zero-order valence-corrected chi connectivity index (χ0v) is 11.6. The summed E-state index contributed by atoms with van der Waals surface area (Å²) in [4.78, 5) is 0. The summed E-state index contributed by atoms with van der Waals surface area (Å²) in [6.45, 7) is 0. The summed E-state index contributed by atoms with van der Waals surface area (Å²) in [5.41, 5.74) is 0. The van der Waals surface area contributed by atoms with Gasteiger partial charge in [0.1, 0.15) is 0 Å². The number of rotatable bonds is 2. The Morgan fingerprint density at radius 2 is 1.28 bits per heavy atom. The number of hydrazine groups is 1. The third-order valence-electron chi connectivity index (χ3n) is 6.52. The van der Waals surface area contributed by atoms with E-state index in [2.05, 4.69) is 5.01 Å². The van der Waals surface area contributed by atoms with Crippen molar-refractivity contribution in [2.75, 3.05) is 0 Å². The van der Waals surface area contributed by atoms with E-state index < -0.39 is 0 Å². The highest BCUT2D eigenvalue weighted by Crippen LogP contribution is 2.55. The molecule has 0 aromatic carbocycles. The summed E-state index contributed by atoms with van der Waals surface area (Å²) >= 11 is 0. The van der Waals surface area contributed by atoms with E-state index in [0.717, 1.165) is 29.7 Å². The van der Waals surface area contributed by atoms with Crippen LogP contribution in [0, 0.1) is 23.7 Å². The molecule has 0 heterocycles. The molecule has 5 aliphatic rings. The molecule has 0 unspecified atom stereocenters. The Hall–Kier alpha value is -0.0800. The fraction of sp³-hybridized carbons (Fsp3) is 1.00. The van der Waals surface area contributed by atoms with Crippen LogP contribution in [0.5, 0.6) is 0 Å². The Morgan fingerprint density at radius 3 is 1.83 bits per heavy atom. The Balaban J connectivity index is 1.50. The molecule has 0 saturated heterocycles. The van der Waals surface area contributed by atoms with E-state index in [1.165, 1.54) is 57.8 Å². The molecule has 2 heteroatoms. The first-order valence-electron chi connectivity index (χ1n) is 8.34. The molecule has 2 N–H and O–H groups in total. The average Bonchev–Trinajstić information content (AvgIpc) is 2.38. The van der Waals surface area contributed by atoms with Crippen LogP contribution in [0.4, 0.5) is 0 Å². The largest absolute Gasteiger partial charge is 0.268 e. The average molecular weight is 248 g/mol. The van der Waals surface area contributed by atoms with Crippen molar-refractivity contribution in [3.05, 3.63) is 0 Å². The maximum Gasteiger partial charge on any atom is 0.0301 e. The van der Waals surface area contributed by atoms with Gasteiger partial charge in [-0.1, -0.05) is 19.3 Å². The minimum absolute atomic E-state index is 0.710. The lowest BCUT2D eigenvalue weighted by Crippen LogP contribution is -2.61. The van der Waals surface area contributed by atoms with Crippen LogP contribution in [0.2, 0.25) is 0 Å². The lowest BCUT2D eigenvalue weighted by atomic mass is 9.54. The third-order valence-corrected chi connectivity index (χ3v) is 6.52. The van der Waals surface area contributed by atoms with E-state index in [1.807, 2.05) is 0 Å². The Kier molecular flexibility index (Phi) is 2.92. The molecule has 18 heavy (non-hydrogen) atoms. The molecule has 0 radical (unpaired) electrons. The second-order valence-electron chi connectivity index (χ2n) is 7.66. The van der Waals surface area contributed by atoms with Crippen molar-refractivity contribution in [2.24, 2.45) is 29.5 Å². The summed E-state index contributed by atoms with van der Waals surface area (Å²) in [6.07, 6.45) is 14.5. The number of hydrogen-bond donors (Lipinski definition) is 1. The van der Waals surface area contributed by atoms with E-state index >= 15 is 0 Å². The van der Waals surface area contributed by atoms with Crippen LogP contribution in [0.25, 0.3) is 0 Å². The van der Waals surface area contributed by atoms with Crippen LogP contribution in [-0.4, -0.2) is 17.1 Å². The summed E-state index contributed by atoms with van der Waals surface area (Å²) in [5.74, 6) is 10.7. The highest BCUT2D eigenvalue weighted by atomic mass is 15.4. The Bertz CT molecular complexity index is 280. The molecule has 0 aromatic heterocycles. The first kappa shape index (κ1) is 11.7. The first-order valence-corrected chi connectivity index (χ1v) is 8.34.